The molecule has 0 amide bonds. The first-order valence-corrected chi connectivity index (χ1v) is 10.6. The standard InChI is InChI=1S/C25H38/c1-7-9-11-15-24-16-12-10-13-21(24)23(6)17-14-20(3)22(4,5)25(23,8-2)19-18-24/h8,13,20H,2,7,9-10,12,14,16-19H2,1,3-6H3. The average molecular weight is 339 g/mol. The molecule has 4 unspecified atom stereocenters. The summed E-state index contributed by atoms with van der Waals surface area (Å²) < 4.78 is 0. The minimum absolute atomic E-state index is 0.158. The second-order valence-electron chi connectivity index (χ2n) is 9.81. The Hall–Kier alpha value is -0.960. The van der Waals surface area contributed by atoms with Crippen LogP contribution in [0.2, 0.25) is 0 Å². The fraction of sp³-hybridized carbons (Fsp3) is 0.760. The Kier molecular flexibility index (Phi) is 4.77. The fourth-order valence-electron chi connectivity index (χ4n) is 6.76. The second kappa shape index (κ2) is 6.33. The third kappa shape index (κ3) is 2.41. The normalized spacial score (nSPS) is 42.3. The van der Waals surface area contributed by atoms with Gasteiger partial charge in [0.2, 0.25) is 0 Å². The molecule has 3 aliphatic carbocycles. The predicted molar refractivity (Wildman–Crippen MR) is 109 cm³/mol. The molecule has 3 rings (SSSR count). The smallest absolute Gasteiger partial charge is 0.0528 e. The molecule has 0 aromatic carbocycles. The van der Waals surface area contributed by atoms with Gasteiger partial charge < -0.3 is 0 Å². The minimum Gasteiger partial charge on any atom is -0.102 e. The summed E-state index contributed by atoms with van der Waals surface area (Å²) in [6.45, 7) is 16.7. The van der Waals surface area contributed by atoms with E-state index in [-0.39, 0.29) is 16.2 Å². The molecule has 0 heteroatoms. The molecule has 0 heterocycles. The van der Waals surface area contributed by atoms with Crippen LogP contribution in [0.4, 0.5) is 0 Å². The van der Waals surface area contributed by atoms with Gasteiger partial charge in [-0.1, -0.05) is 52.7 Å². The van der Waals surface area contributed by atoms with Gasteiger partial charge in [-0.05, 0) is 73.7 Å². The SMILES string of the molecule is C=CC12CCC3(C#CCCC)CCCC=C3C1(C)CCC(C)C2(C)C. The monoisotopic (exact) mass is 338 g/mol. The first-order chi connectivity index (χ1) is 11.8. The van der Waals surface area contributed by atoms with Crippen molar-refractivity contribution in [3.8, 4) is 11.8 Å². The lowest BCUT2D eigenvalue weighted by molar-refractivity contribution is -0.115. The van der Waals surface area contributed by atoms with Crippen molar-refractivity contribution in [3.05, 3.63) is 24.3 Å². The topological polar surface area (TPSA) is 0 Å². The van der Waals surface area contributed by atoms with Crippen LogP contribution in [0, 0.1) is 39.4 Å². The summed E-state index contributed by atoms with van der Waals surface area (Å²) in [6, 6.07) is 0. The zero-order valence-corrected chi connectivity index (χ0v) is 17.3. The third-order valence-corrected chi connectivity index (χ3v) is 8.71. The Labute approximate surface area is 156 Å². The molecule has 0 spiro atoms. The van der Waals surface area contributed by atoms with Crippen LogP contribution in [0.15, 0.2) is 24.3 Å². The maximum absolute atomic E-state index is 4.41. The summed E-state index contributed by atoms with van der Waals surface area (Å²) in [5.41, 5.74) is 2.58. The van der Waals surface area contributed by atoms with E-state index in [9.17, 15) is 0 Å². The van der Waals surface area contributed by atoms with Crippen LogP contribution in [0.25, 0.3) is 0 Å². The molecule has 2 saturated carbocycles. The highest BCUT2D eigenvalue weighted by Gasteiger charge is 2.65. The van der Waals surface area contributed by atoms with Crippen molar-refractivity contribution in [3.63, 3.8) is 0 Å². The van der Waals surface area contributed by atoms with Crippen molar-refractivity contribution in [2.24, 2.45) is 27.6 Å². The average Bonchev–Trinajstić information content (AvgIpc) is 2.59. The van der Waals surface area contributed by atoms with E-state index >= 15 is 0 Å². The highest BCUT2D eigenvalue weighted by Crippen LogP contribution is 2.73. The zero-order valence-electron chi connectivity index (χ0n) is 17.3. The van der Waals surface area contributed by atoms with Gasteiger partial charge in [-0.15, -0.1) is 12.5 Å². The maximum atomic E-state index is 4.41. The minimum atomic E-state index is 0.158. The Morgan fingerprint density at radius 1 is 1.20 bits per heavy atom. The van der Waals surface area contributed by atoms with E-state index in [2.05, 4.69) is 65.2 Å². The van der Waals surface area contributed by atoms with Crippen LogP contribution in [0.3, 0.4) is 0 Å². The molecule has 0 nitrogen and oxygen atoms in total. The summed E-state index contributed by atoms with van der Waals surface area (Å²) in [5, 5.41) is 0. The summed E-state index contributed by atoms with van der Waals surface area (Å²) in [4.78, 5) is 0. The molecule has 3 aliphatic rings. The molecule has 4 atom stereocenters. The predicted octanol–water partition coefficient (Wildman–Crippen LogP) is 7.32. The lowest BCUT2D eigenvalue weighted by Gasteiger charge is -2.68. The highest BCUT2D eigenvalue weighted by molar-refractivity contribution is 5.42. The molecule has 0 aromatic heterocycles. The van der Waals surface area contributed by atoms with Gasteiger partial charge in [0.1, 0.15) is 0 Å². The molecule has 0 aromatic rings. The number of hydrogen-bond donors (Lipinski definition) is 0. The largest absolute Gasteiger partial charge is 0.102 e. The van der Waals surface area contributed by atoms with E-state index in [1.165, 1.54) is 51.4 Å². The molecular formula is C25H38. The van der Waals surface area contributed by atoms with Gasteiger partial charge in [0, 0.05) is 11.8 Å². The van der Waals surface area contributed by atoms with Gasteiger partial charge in [0.25, 0.3) is 0 Å². The van der Waals surface area contributed by atoms with Crippen LogP contribution < -0.4 is 0 Å². The first kappa shape index (κ1) is 18.8. The summed E-state index contributed by atoms with van der Waals surface area (Å²) in [5.74, 6) is 8.13. The van der Waals surface area contributed by atoms with Crippen LogP contribution >= 0.6 is 0 Å². The quantitative estimate of drug-likeness (QED) is 0.365. The van der Waals surface area contributed by atoms with Crippen LogP contribution in [0.1, 0.15) is 92.4 Å². The zero-order chi connectivity index (χ0) is 18.3. The van der Waals surface area contributed by atoms with E-state index in [0.29, 0.717) is 5.41 Å². The molecule has 25 heavy (non-hydrogen) atoms. The van der Waals surface area contributed by atoms with Gasteiger partial charge in [0.05, 0.1) is 5.41 Å². The number of fused-ring (bicyclic) bond motifs is 3. The molecule has 0 aliphatic heterocycles. The maximum Gasteiger partial charge on any atom is 0.0528 e. The molecule has 0 N–H and O–H groups in total. The molecule has 0 radical (unpaired) electrons. The van der Waals surface area contributed by atoms with Crippen LogP contribution in [-0.4, -0.2) is 0 Å². The number of rotatable bonds is 2. The lowest BCUT2D eigenvalue weighted by atomic mass is 9.35. The Morgan fingerprint density at radius 2 is 1.96 bits per heavy atom. The molecule has 0 bridgehead atoms. The fourth-order valence-corrected chi connectivity index (χ4v) is 6.76. The van der Waals surface area contributed by atoms with Crippen LogP contribution in [0.5, 0.6) is 0 Å². The third-order valence-electron chi connectivity index (χ3n) is 8.71. The van der Waals surface area contributed by atoms with Gasteiger partial charge in [0.15, 0.2) is 0 Å². The van der Waals surface area contributed by atoms with E-state index < -0.39 is 0 Å². The van der Waals surface area contributed by atoms with E-state index in [4.69, 9.17) is 0 Å². The number of unbranched alkanes of at least 4 members (excludes halogenated alkanes) is 1. The van der Waals surface area contributed by atoms with Crippen molar-refractivity contribution in [1.29, 1.82) is 0 Å². The molecular weight excluding hydrogens is 300 g/mol. The highest BCUT2D eigenvalue weighted by atomic mass is 14.7. The Morgan fingerprint density at radius 3 is 2.64 bits per heavy atom. The van der Waals surface area contributed by atoms with Crippen molar-refractivity contribution < 1.29 is 0 Å². The van der Waals surface area contributed by atoms with Gasteiger partial charge in [-0.2, -0.15) is 0 Å². The summed E-state index contributed by atoms with van der Waals surface area (Å²) in [7, 11) is 0. The van der Waals surface area contributed by atoms with E-state index in [0.717, 1.165) is 12.3 Å². The van der Waals surface area contributed by atoms with E-state index in [1.54, 1.807) is 5.57 Å². The first-order valence-electron chi connectivity index (χ1n) is 10.6. The van der Waals surface area contributed by atoms with Crippen molar-refractivity contribution in [2.45, 2.75) is 92.4 Å². The summed E-state index contributed by atoms with van der Waals surface area (Å²) in [6.07, 6.45) is 16.1. The number of hydrogen-bond acceptors (Lipinski definition) is 0. The molecule has 138 valence electrons. The molecule has 0 saturated heterocycles. The van der Waals surface area contributed by atoms with Crippen molar-refractivity contribution in [2.75, 3.05) is 0 Å². The summed E-state index contributed by atoms with van der Waals surface area (Å²) >= 11 is 0. The second-order valence-corrected chi connectivity index (χ2v) is 9.81. The molecule has 2 fully saturated rings. The lowest BCUT2D eigenvalue weighted by Crippen LogP contribution is -2.60. The van der Waals surface area contributed by atoms with Gasteiger partial charge >= 0.3 is 0 Å². The van der Waals surface area contributed by atoms with Crippen molar-refractivity contribution >= 4 is 0 Å². The van der Waals surface area contributed by atoms with E-state index in [1.807, 2.05) is 0 Å². The number of allylic oxidation sites excluding steroid dienone is 3. The van der Waals surface area contributed by atoms with Gasteiger partial charge in [-0.3, -0.25) is 0 Å². The Balaban J connectivity index is 2.14. The van der Waals surface area contributed by atoms with Crippen LogP contribution in [-0.2, 0) is 0 Å². The Bertz CT molecular complexity index is 624. The van der Waals surface area contributed by atoms with Gasteiger partial charge in [-0.25, -0.2) is 0 Å². The van der Waals surface area contributed by atoms with Crippen molar-refractivity contribution in [1.82, 2.24) is 0 Å².